The van der Waals surface area contributed by atoms with Crippen LogP contribution in [0.15, 0.2) is 18.2 Å². The van der Waals surface area contributed by atoms with Crippen LogP contribution < -0.4 is 10.1 Å². The predicted molar refractivity (Wildman–Crippen MR) is 83.0 cm³/mol. The lowest BCUT2D eigenvalue weighted by atomic mass is 10.2. The summed E-state index contributed by atoms with van der Waals surface area (Å²) in [5, 5.41) is 2.99. The molecule has 122 valence electrons. The molecule has 1 aromatic carbocycles. The summed E-state index contributed by atoms with van der Waals surface area (Å²) < 4.78 is 15.1. The molecule has 0 fully saturated rings. The number of hydrogen-bond donors (Lipinski definition) is 1. The predicted octanol–water partition coefficient (Wildman–Crippen LogP) is 2.30. The number of benzene rings is 1. The minimum Gasteiger partial charge on any atom is -0.482 e. The first-order valence-electron chi connectivity index (χ1n) is 6.97. The summed E-state index contributed by atoms with van der Waals surface area (Å²) in [7, 11) is 1.31. The van der Waals surface area contributed by atoms with Crippen molar-refractivity contribution < 1.29 is 23.8 Å². The number of esters is 2. The van der Waals surface area contributed by atoms with Crippen LogP contribution in [-0.4, -0.2) is 37.8 Å². The molecule has 0 heterocycles. The first-order valence-corrected chi connectivity index (χ1v) is 6.97. The molecule has 1 rings (SSSR count). The average molecular weight is 309 g/mol. The molecule has 6 heteroatoms. The summed E-state index contributed by atoms with van der Waals surface area (Å²) >= 11 is 0. The molecular formula is C16H23NO5. The largest absolute Gasteiger partial charge is 0.482 e. The highest BCUT2D eigenvalue weighted by Crippen LogP contribution is 2.22. The Hall–Kier alpha value is -2.24. The van der Waals surface area contributed by atoms with Gasteiger partial charge in [-0.05, 0) is 51.5 Å². The lowest BCUT2D eigenvalue weighted by molar-refractivity contribution is -0.152. The number of methoxy groups -OCH3 is 1. The van der Waals surface area contributed by atoms with Crippen molar-refractivity contribution in [2.24, 2.45) is 0 Å². The van der Waals surface area contributed by atoms with Crippen LogP contribution >= 0.6 is 0 Å². The van der Waals surface area contributed by atoms with Crippen molar-refractivity contribution in [1.82, 2.24) is 0 Å². The van der Waals surface area contributed by atoms with E-state index in [1.54, 1.807) is 12.1 Å². The number of carbonyl (C=O) groups is 2. The number of anilines is 1. The maximum Gasteiger partial charge on any atom is 0.343 e. The van der Waals surface area contributed by atoms with E-state index < -0.39 is 11.6 Å². The number of ether oxygens (including phenoxy) is 3. The van der Waals surface area contributed by atoms with Gasteiger partial charge in [0.2, 0.25) is 0 Å². The van der Waals surface area contributed by atoms with Crippen molar-refractivity contribution in [3.8, 4) is 5.75 Å². The number of carbonyl (C=O) groups excluding carboxylic acids is 2. The monoisotopic (exact) mass is 309 g/mol. The Morgan fingerprint density at radius 3 is 2.41 bits per heavy atom. The summed E-state index contributed by atoms with van der Waals surface area (Å²) in [6.07, 6.45) is 0. The third kappa shape index (κ3) is 6.47. The van der Waals surface area contributed by atoms with E-state index in [1.807, 2.05) is 33.8 Å². The van der Waals surface area contributed by atoms with Crippen LogP contribution in [0.5, 0.6) is 5.75 Å². The normalized spacial score (nSPS) is 10.8. The molecule has 0 unspecified atom stereocenters. The molecule has 1 aromatic rings. The van der Waals surface area contributed by atoms with Gasteiger partial charge in [0, 0.05) is 5.69 Å². The molecule has 0 saturated carbocycles. The number of nitrogens with one attached hydrogen (secondary N) is 1. The fraction of sp³-hybridized carbons (Fsp3) is 0.500. The SMILES string of the molecule is COC(=O)COc1ccc(NCC(=O)OC(C)(C)C)cc1C. The Balaban J connectivity index is 2.55. The molecule has 0 bridgehead atoms. The zero-order chi connectivity index (χ0) is 16.8. The minimum absolute atomic E-state index is 0.0824. The van der Waals surface area contributed by atoms with Gasteiger partial charge in [-0.2, -0.15) is 0 Å². The van der Waals surface area contributed by atoms with Gasteiger partial charge in [-0.3, -0.25) is 4.79 Å². The molecule has 1 N–H and O–H groups in total. The van der Waals surface area contributed by atoms with E-state index in [4.69, 9.17) is 9.47 Å². The number of aryl methyl sites for hydroxylation is 1. The van der Waals surface area contributed by atoms with E-state index in [-0.39, 0.29) is 19.1 Å². The fourth-order valence-corrected chi connectivity index (χ4v) is 1.67. The molecular weight excluding hydrogens is 286 g/mol. The highest BCUT2D eigenvalue weighted by molar-refractivity contribution is 5.75. The second-order valence-corrected chi connectivity index (χ2v) is 5.79. The summed E-state index contributed by atoms with van der Waals surface area (Å²) in [6, 6.07) is 5.33. The van der Waals surface area contributed by atoms with Crippen LogP contribution in [0.2, 0.25) is 0 Å². The molecule has 0 aliphatic carbocycles. The smallest absolute Gasteiger partial charge is 0.343 e. The highest BCUT2D eigenvalue weighted by atomic mass is 16.6. The van der Waals surface area contributed by atoms with Gasteiger partial charge >= 0.3 is 11.9 Å². The van der Waals surface area contributed by atoms with Crippen molar-refractivity contribution in [2.75, 3.05) is 25.6 Å². The van der Waals surface area contributed by atoms with E-state index in [1.165, 1.54) is 7.11 Å². The molecule has 0 spiro atoms. The van der Waals surface area contributed by atoms with Crippen molar-refractivity contribution in [3.05, 3.63) is 23.8 Å². The Labute approximate surface area is 130 Å². The zero-order valence-electron chi connectivity index (χ0n) is 13.7. The van der Waals surface area contributed by atoms with Crippen molar-refractivity contribution >= 4 is 17.6 Å². The van der Waals surface area contributed by atoms with Gasteiger partial charge in [0.05, 0.1) is 7.11 Å². The van der Waals surface area contributed by atoms with Gasteiger partial charge in [0.1, 0.15) is 17.9 Å². The van der Waals surface area contributed by atoms with Gasteiger partial charge in [-0.15, -0.1) is 0 Å². The maximum absolute atomic E-state index is 11.6. The second kappa shape index (κ2) is 7.68. The van der Waals surface area contributed by atoms with Crippen molar-refractivity contribution in [2.45, 2.75) is 33.3 Å². The molecule has 22 heavy (non-hydrogen) atoms. The summed E-state index contributed by atoms with van der Waals surface area (Å²) in [5.41, 5.74) is 1.12. The molecule has 0 radical (unpaired) electrons. The van der Waals surface area contributed by atoms with E-state index in [2.05, 4.69) is 10.1 Å². The molecule has 0 aliphatic heterocycles. The Morgan fingerprint density at radius 1 is 1.18 bits per heavy atom. The van der Waals surface area contributed by atoms with Crippen LogP contribution in [0.25, 0.3) is 0 Å². The quantitative estimate of drug-likeness (QED) is 0.813. The van der Waals surface area contributed by atoms with Crippen LogP contribution in [-0.2, 0) is 19.1 Å². The van der Waals surface area contributed by atoms with Crippen molar-refractivity contribution in [1.29, 1.82) is 0 Å². The first-order chi connectivity index (χ1) is 10.2. The summed E-state index contributed by atoms with van der Waals surface area (Å²) in [4.78, 5) is 22.7. The summed E-state index contributed by atoms with van der Waals surface area (Å²) in [5.74, 6) is -0.170. The van der Waals surface area contributed by atoms with E-state index in [9.17, 15) is 9.59 Å². The number of rotatable bonds is 6. The zero-order valence-corrected chi connectivity index (χ0v) is 13.7. The van der Waals surface area contributed by atoms with Crippen LogP contribution in [0, 0.1) is 6.92 Å². The van der Waals surface area contributed by atoms with Crippen LogP contribution in [0.1, 0.15) is 26.3 Å². The topological polar surface area (TPSA) is 73.9 Å². The fourth-order valence-electron chi connectivity index (χ4n) is 1.67. The van der Waals surface area contributed by atoms with Gasteiger partial charge in [-0.1, -0.05) is 0 Å². The minimum atomic E-state index is -0.500. The van der Waals surface area contributed by atoms with Crippen molar-refractivity contribution in [3.63, 3.8) is 0 Å². The van der Waals surface area contributed by atoms with E-state index in [0.29, 0.717) is 5.75 Å². The maximum atomic E-state index is 11.6. The molecule has 6 nitrogen and oxygen atoms in total. The summed E-state index contributed by atoms with van der Waals surface area (Å²) in [6.45, 7) is 7.26. The van der Waals surface area contributed by atoms with Gasteiger partial charge in [0.25, 0.3) is 0 Å². The van der Waals surface area contributed by atoms with Gasteiger partial charge in [-0.25, -0.2) is 4.79 Å². The molecule has 0 amide bonds. The highest BCUT2D eigenvalue weighted by Gasteiger charge is 2.15. The third-order valence-corrected chi connectivity index (χ3v) is 2.60. The Kier molecular flexibility index (Phi) is 6.22. The van der Waals surface area contributed by atoms with Gasteiger partial charge in [0.15, 0.2) is 6.61 Å². The standard InChI is InChI=1S/C16H23NO5/c1-11-8-12(17-9-14(18)22-16(2,3)4)6-7-13(11)21-10-15(19)20-5/h6-8,17H,9-10H2,1-5H3. The average Bonchev–Trinajstić information content (AvgIpc) is 2.41. The molecule has 0 atom stereocenters. The van der Waals surface area contributed by atoms with Crippen LogP contribution in [0.3, 0.4) is 0 Å². The lowest BCUT2D eigenvalue weighted by Gasteiger charge is -2.20. The Morgan fingerprint density at radius 2 is 1.86 bits per heavy atom. The van der Waals surface area contributed by atoms with Gasteiger partial charge < -0.3 is 19.5 Å². The number of hydrogen-bond acceptors (Lipinski definition) is 6. The first kappa shape index (κ1) is 17.8. The second-order valence-electron chi connectivity index (χ2n) is 5.79. The van der Waals surface area contributed by atoms with E-state index in [0.717, 1.165) is 11.3 Å². The van der Waals surface area contributed by atoms with Crippen LogP contribution in [0.4, 0.5) is 5.69 Å². The molecule has 0 aromatic heterocycles. The molecule has 0 saturated heterocycles. The molecule has 0 aliphatic rings. The third-order valence-electron chi connectivity index (χ3n) is 2.60. The Bertz CT molecular complexity index is 534. The van der Waals surface area contributed by atoms with E-state index >= 15 is 0 Å². The lowest BCUT2D eigenvalue weighted by Crippen LogP contribution is -2.28.